The van der Waals surface area contributed by atoms with Crippen molar-refractivity contribution in [1.82, 2.24) is 0 Å². The normalized spacial score (nSPS) is 13.1. The zero-order valence-electron chi connectivity index (χ0n) is 32.9. The van der Waals surface area contributed by atoms with Crippen LogP contribution >= 0.6 is 7.82 Å². The van der Waals surface area contributed by atoms with Crippen molar-refractivity contribution >= 4 is 19.8 Å². The standard InChI is InChI=1S/C43H75O8P/c1-3-5-7-9-11-13-15-17-19-20-21-22-24-26-28-30-32-34-36-38-43(45)51-41(40-50-52(46,47)48)39-49-42(44)37-35-33-31-29-27-25-23-18-16-14-12-10-8-6-4-2/h11,13,17,19,21-22,26-29,41H,3-10,12,14-16,18,20,23-25,30-40H2,1-2H3,(H2,46,47,48)/b13-11+,19-17+,22-21+,28-26+,29-27+/t41-/m1/s1. The summed E-state index contributed by atoms with van der Waals surface area (Å²) in [7, 11) is -4.77. The summed E-state index contributed by atoms with van der Waals surface area (Å²) in [4.78, 5) is 42.8. The van der Waals surface area contributed by atoms with E-state index < -0.39 is 32.5 Å². The van der Waals surface area contributed by atoms with Crippen LogP contribution in [0.25, 0.3) is 0 Å². The number of carbonyl (C=O) groups is 2. The molecule has 0 heterocycles. The van der Waals surface area contributed by atoms with Crippen molar-refractivity contribution in [3.63, 3.8) is 0 Å². The maximum Gasteiger partial charge on any atom is 0.469 e. The molecule has 0 aromatic rings. The fourth-order valence-electron chi connectivity index (χ4n) is 5.41. The van der Waals surface area contributed by atoms with Gasteiger partial charge in [-0.3, -0.25) is 14.1 Å². The molecular formula is C43H75O8P. The molecule has 300 valence electrons. The Balaban J connectivity index is 4.04. The fourth-order valence-corrected chi connectivity index (χ4v) is 5.77. The molecule has 9 heteroatoms. The molecule has 0 fully saturated rings. The van der Waals surface area contributed by atoms with Crippen LogP contribution in [0.15, 0.2) is 60.8 Å². The van der Waals surface area contributed by atoms with Gasteiger partial charge in [-0.25, -0.2) is 4.57 Å². The van der Waals surface area contributed by atoms with Crippen molar-refractivity contribution in [1.29, 1.82) is 0 Å². The second kappa shape index (κ2) is 38.5. The Hall–Kier alpha value is -2.25. The van der Waals surface area contributed by atoms with Crippen LogP contribution in [-0.4, -0.2) is 41.0 Å². The maximum atomic E-state index is 12.4. The number of unbranched alkanes of at least 4 members (excludes halogenated alkanes) is 17. The maximum absolute atomic E-state index is 12.4. The third kappa shape index (κ3) is 40.5. The van der Waals surface area contributed by atoms with Gasteiger partial charge in [-0.2, -0.15) is 0 Å². The third-order valence-corrected chi connectivity index (χ3v) is 8.99. The fraction of sp³-hybridized carbons (Fsp3) is 0.721. The topological polar surface area (TPSA) is 119 Å². The largest absolute Gasteiger partial charge is 0.469 e. The molecule has 0 aliphatic heterocycles. The number of hydrogen-bond donors (Lipinski definition) is 2. The summed E-state index contributed by atoms with van der Waals surface area (Å²) in [5, 5.41) is 0. The second-order valence-electron chi connectivity index (χ2n) is 13.6. The van der Waals surface area contributed by atoms with Crippen molar-refractivity contribution in [2.24, 2.45) is 0 Å². The van der Waals surface area contributed by atoms with E-state index >= 15 is 0 Å². The molecule has 0 radical (unpaired) electrons. The van der Waals surface area contributed by atoms with Crippen LogP contribution in [0.4, 0.5) is 0 Å². The molecule has 2 N–H and O–H groups in total. The van der Waals surface area contributed by atoms with Gasteiger partial charge in [0, 0.05) is 12.8 Å². The molecular weight excluding hydrogens is 675 g/mol. The van der Waals surface area contributed by atoms with E-state index in [2.05, 4.69) is 79.1 Å². The number of esters is 2. The van der Waals surface area contributed by atoms with Gasteiger partial charge in [-0.1, -0.05) is 145 Å². The first-order valence-corrected chi connectivity index (χ1v) is 22.1. The molecule has 0 amide bonds. The van der Waals surface area contributed by atoms with Gasteiger partial charge in [-0.15, -0.1) is 0 Å². The number of hydrogen-bond acceptors (Lipinski definition) is 6. The highest BCUT2D eigenvalue weighted by Crippen LogP contribution is 2.36. The second-order valence-corrected chi connectivity index (χ2v) is 14.8. The summed E-state index contributed by atoms with van der Waals surface area (Å²) >= 11 is 0. The van der Waals surface area contributed by atoms with Crippen LogP contribution in [0.5, 0.6) is 0 Å². The van der Waals surface area contributed by atoms with Crippen molar-refractivity contribution in [2.75, 3.05) is 13.2 Å². The van der Waals surface area contributed by atoms with Gasteiger partial charge in [0.1, 0.15) is 6.61 Å². The molecule has 0 aromatic carbocycles. The van der Waals surface area contributed by atoms with Crippen LogP contribution < -0.4 is 0 Å². The predicted molar refractivity (Wildman–Crippen MR) is 216 cm³/mol. The van der Waals surface area contributed by atoms with E-state index in [-0.39, 0.29) is 19.4 Å². The van der Waals surface area contributed by atoms with Gasteiger partial charge >= 0.3 is 19.8 Å². The third-order valence-electron chi connectivity index (χ3n) is 8.51. The summed E-state index contributed by atoms with van der Waals surface area (Å²) in [6.45, 7) is 3.61. The van der Waals surface area contributed by atoms with E-state index in [4.69, 9.17) is 19.3 Å². The highest BCUT2D eigenvalue weighted by Gasteiger charge is 2.22. The lowest BCUT2D eigenvalue weighted by Crippen LogP contribution is -2.29. The van der Waals surface area contributed by atoms with Gasteiger partial charge in [0.25, 0.3) is 0 Å². The number of rotatable bonds is 37. The van der Waals surface area contributed by atoms with Gasteiger partial charge in [-0.05, 0) is 83.5 Å². The Kier molecular flexibility index (Phi) is 36.8. The lowest BCUT2D eigenvalue weighted by Gasteiger charge is -2.18. The Morgan fingerprint density at radius 1 is 0.500 bits per heavy atom. The van der Waals surface area contributed by atoms with Crippen molar-refractivity contribution < 1.29 is 37.9 Å². The molecule has 0 bridgehead atoms. The van der Waals surface area contributed by atoms with Crippen molar-refractivity contribution in [3.05, 3.63) is 60.8 Å². The monoisotopic (exact) mass is 751 g/mol. The minimum Gasteiger partial charge on any atom is -0.462 e. The molecule has 0 aromatic heterocycles. The molecule has 0 spiro atoms. The molecule has 0 saturated heterocycles. The highest BCUT2D eigenvalue weighted by molar-refractivity contribution is 7.46. The Morgan fingerprint density at radius 2 is 0.865 bits per heavy atom. The minimum absolute atomic E-state index is 0.168. The molecule has 8 nitrogen and oxygen atoms in total. The highest BCUT2D eigenvalue weighted by atomic mass is 31.2. The smallest absolute Gasteiger partial charge is 0.462 e. The van der Waals surface area contributed by atoms with E-state index in [1.807, 2.05) is 0 Å². The Bertz CT molecular complexity index is 1030. The first-order chi connectivity index (χ1) is 25.3. The molecule has 0 unspecified atom stereocenters. The van der Waals surface area contributed by atoms with Crippen molar-refractivity contribution in [3.8, 4) is 0 Å². The first kappa shape index (κ1) is 49.8. The van der Waals surface area contributed by atoms with Crippen molar-refractivity contribution in [2.45, 2.75) is 187 Å². The zero-order valence-corrected chi connectivity index (χ0v) is 33.8. The lowest BCUT2D eigenvalue weighted by atomic mass is 10.1. The van der Waals surface area contributed by atoms with Crippen LogP contribution in [0.3, 0.4) is 0 Å². The van der Waals surface area contributed by atoms with Crippen LogP contribution in [0.2, 0.25) is 0 Å². The van der Waals surface area contributed by atoms with E-state index in [0.717, 1.165) is 57.8 Å². The van der Waals surface area contributed by atoms with E-state index in [1.54, 1.807) is 0 Å². The quantitative estimate of drug-likeness (QED) is 0.0279. The summed E-state index contributed by atoms with van der Waals surface area (Å²) in [5.41, 5.74) is 0. The first-order valence-electron chi connectivity index (χ1n) is 20.6. The summed E-state index contributed by atoms with van der Waals surface area (Å²) in [6, 6.07) is 0. The number of carbonyl (C=O) groups excluding carboxylic acids is 2. The van der Waals surface area contributed by atoms with Crippen LogP contribution in [0, 0.1) is 0 Å². The van der Waals surface area contributed by atoms with Gasteiger partial charge in [0.15, 0.2) is 6.10 Å². The number of ether oxygens (including phenoxy) is 2. The van der Waals surface area contributed by atoms with Gasteiger partial charge in [0.05, 0.1) is 6.61 Å². The zero-order chi connectivity index (χ0) is 38.2. The Morgan fingerprint density at radius 3 is 1.38 bits per heavy atom. The lowest BCUT2D eigenvalue weighted by molar-refractivity contribution is -0.161. The molecule has 0 aliphatic carbocycles. The Labute approximate surface area is 317 Å². The summed E-state index contributed by atoms with van der Waals surface area (Å²) < 4.78 is 26.3. The molecule has 1 atom stereocenters. The average Bonchev–Trinajstić information content (AvgIpc) is 3.11. The number of phosphoric acid groups is 1. The van der Waals surface area contributed by atoms with E-state index in [9.17, 15) is 14.2 Å². The molecule has 0 aliphatic rings. The van der Waals surface area contributed by atoms with E-state index in [1.165, 1.54) is 83.5 Å². The summed E-state index contributed by atoms with van der Waals surface area (Å²) in [5.74, 6) is -0.949. The molecule has 52 heavy (non-hydrogen) atoms. The SMILES string of the molecule is CCCCC/C=C/C/C=C/C/C=C/C/C=C/CCCCCC(=O)O[C@H](COC(=O)CCCC/C=C/CCCCCCCCCCC)COP(=O)(O)O. The number of allylic oxidation sites excluding steroid dienone is 10. The van der Waals surface area contributed by atoms with E-state index in [0.29, 0.717) is 12.8 Å². The summed E-state index contributed by atoms with van der Waals surface area (Å²) in [6.07, 6.45) is 48.0. The number of phosphoric ester groups is 1. The molecule has 0 rings (SSSR count). The minimum atomic E-state index is -4.77. The predicted octanol–water partition coefficient (Wildman–Crippen LogP) is 12.5. The van der Waals surface area contributed by atoms with Crippen LogP contribution in [-0.2, 0) is 28.2 Å². The molecule has 0 saturated carbocycles. The van der Waals surface area contributed by atoms with Crippen LogP contribution in [0.1, 0.15) is 181 Å². The van der Waals surface area contributed by atoms with Gasteiger partial charge in [0.2, 0.25) is 0 Å². The van der Waals surface area contributed by atoms with Gasteiger partial charge < -0.3 is 19.3 Å². The average molecular weight is 751 g/mol.